The number of pyridine rings is 1. The van der Waals surface area contributed by atoms with Gasteiger partial charge in [0.15, 0.2) is 5.65 Å². The molecule has 0 aliphatic carbocycles. The topological polar surface area (TPSA) is 83.8 Å². The Balaban J connectivity index is 2.11. The zero-order valence-electron chi connectivity index (χ0n) is 10.7. The second-order valence-corrected chi connectivity index (χ2v) is 4.34. The summed E-state index contributed by atoms with van der Waals surface area (Å²) in [5.74, 6) is 0.550. The highest BCUT2D eigenvalue weighted by Gasteiger charge is 2.13. The van der Waals surface area contributed by atoms with Gasteiger partial charge in [0, 0.05) is 19.4 Å². The number of hydrogen-bond acceptors (Lipinski definition) is 5. The van der Waals surface area contributed by atoms with E-state index in [-0.39, 0.29) is 0 Å². The average molecular weight is 265 g/mol. The number of nitrogens with zero attached hydrogens (tertiary/aromatic N) is 5. The van der Waals surface area contributed by atoms with Gasteiger partial charge >= 0.3 is 0 Å². The molecule has 20 heavy (non-hydrogen) atoms. The second kappa shape index (κ2) is 4.02. The van der Waals surface area contributed by atoms with E-state index < -0.39 is 0 Å². The molecule has 4 aromatic heterocycles. The number of H-pyrrole nitrogens is 1. The maximum Gasteiger partial charge on any atom is 0.225 e. The molecule has 0 aliphatic heterocycles. The second-order valence-electron chi connectivity index (χ2n) is 4.34. The van der Waals surface area contributed by atoms with Gasteiger partial charge in [0.1, 0.15) is 11.3 Å². The van der Waals surface area contributed by atoms with Crippen molar-refractivity contribution in [2.75, 3.05) is 12.4 Å². The predicted octanol–water partition coefficient (Wildman–Crippen LogP) is 1.71. The van der Waals surface area contributed by atoms with Gasteiger partial charge in [-0.3, -0.25) is 9.50 Å². The lowest BCUT2D eigenvalue weighted by Crippen LogP contribution is -2.00. The first-order valence-corrected chi connectivity index (χ1v) is 6.18. The van der Waals surface area contributed by atoms with Gasteiger partial charge in [0.05, 0.1) is 17.3 Å². The molecule has 7 heteroatoms. The van der Waals surface area contributed by atoms with Crippen LogP contribution < -0.4 is 5.32 Å². The zero-order valence-corrected chi connectivity index (χ0v) is 10.7. The number of aromatic nitrogens is 6. The first kappa shape index (κ1) is 10.9. The fraction of sp³-hybridized carbons (Fsp3) is 0.0769. The third-order valence-electron chi connectivity index (χ3n) is 3.20. The molecular formula is C13H11N7. The summed E-state index contributed by atoms with van der Waals surface area (Å²) in [5.41, 5.74) is 3.35. The van der Waals surface area contributed by atoms with Crippen LogP contribution in [-0.4, -0.2) is 36.6 Å². The van der Waals surface area contributed by atoms with Crippen LogP contribution in [-0.2, 0) is 0 Å². The Morgan fingerprint density at radius 3 is 3.10 bits per heavy atom. The summed E-state index contributed by atoms with van der Waals surface area (Å²) in [6.07, 6.45) is 5.42. The highest BCUT2D eigenvalue weighted by atomic mass is 15.2. The van der Waals surface area contributed by atoms with Crippen LogP contribution in [0.4, 0.5) is 5.95 Å². The third kappa shape index (κ3) is 1.46. The fourth-order valence-electron chi connectivity index (χ4n) is 2.28. The van der Waals surface area contributed by atoms with Crippen molar-refractivity contribution in [3.8, 4) is 11.4 Å². The normalized spacial score (nSPS) is 11.2. The molecule has 4 heterocycles. The molecule has 98 valence electrons. The number of anilines is 1. The van der Waals surface area contributed by atoms with Crippen molar-refractivity contribution >= 4 is 22.6 Å². The lowest BCUT2D eigenvalue weighted by molar-refractivity contribution is 1.08. The van der Waals surface area contributed by atoms with Crippen molar-refractivity contribution in [1.29, 1.82) is 0 Å². The predicted molar refractivity (Wildman–Crippen MR) is 75.4 cm³/mol. The minimum absolute atomic E-state index is 0.550. The van der Waals surface area contributed by atoms with Crippen molar-refractivity contribution in [3.05, 3.63) is 36.8 Å². The van der Waals surface area contributed by atoms with Gasteiger partial charge < -0.3 is 5.32 Å². The quantitative estimate of drug-likeness (QED) is 0.576. The smallest absolute Gasteiger partial charge is 0.225 e. The van der Waals surface area contributed by atoms with E-state index in [0.717, 1.165) is 22.4 Å². The van der Waals surface area contributed by atoms with Crippen LogP contribution >= 0.6 is 0 Å². The van der Waals surface area contributed by atoms with Crippen LogP contribution in [0.15, 0.2) is 36.8 Å². The molecule has 4 aromatic rings. The van der Waals surface area contributed by atoms with Crippen LogP contribution in [0.3, 0.4) is 0 Å². The van der Waals surface area contributed by atoms with E-state index in [1.165, 1.54) is 0 Å². The molecule has 0 aromatic carbocycles. The van der Waals surface area contributed by atoms with Crippen LogP contribution in [0.25, 0.3) is 28.1 Å². The molecule has 0 aliphatic rings. The van der Waals surface area contributed by atoms with E-state index in [1.54, 1.807) is 19.4 Å². The first-order valence-electron chi connectivity index (χ1n) is 6.18. The van der Waals surface area contributed by atoms with E-state index in [9.17, 15) is 0 Å². The van der Waals surface area contributed by atoms with Crippen molar-refractivity contribution in [3.63, 3.8) is 0 Å². The van der Waals surface area contributed by atoms with E-state index in [4.69, 9.17) is 0 Å². The lowest BCUT2D eigenvalue weighted by Gasteiger charge is -2.07. The third-order valence-corrected chi connectivity index (χ3v) is 3.20. The number of imidazole rings is 1. The minimum Gasteiger partial charge on any atom is -0.357 e. The zero-order chi connectivity index (χ0) is 13.5. The standard InChI is InChI=1S/C13H11N7/c1-14-13-17-11(8-7-16-19-12(8)18-13)9-3-2-4-10-15-5-6-20(9)10/h2-7H,1H3,(H2,14,16,17,18,19). The maximum absolute atomic E-state index is 4.56. The van der Waals surface area contributed by atoms with Crippen LogP contribution in [0.5, 0.6) is 0 Å². The summed E-state index contributed by atoms with van der Waals surface area (Å²) in [6.45, 7) is 0. The van der Waals surface area contributed by atoms with E-state index >= 15 is 0 Å². The molecule has 0 fully saturated rings. The monoisotopic (exact) mass is 265 g/mol. The molecule has 0 saturated carbocycles. The van der Waals surface area contributed by atoms with E-state index in [1.807, 2.05) is 28.8 Å². The van der Waals surface area contributed by atoms with Crippen LogP contribution in [0.1, 0.15) is 0 Å². The highest BCUT2D eigenvalue weighted by molar-refractivity contribution is 5.90. The number of hydrogen-bond donors (Lipinski definition) is 2. The Morgan fingerprint density at radius 1 is 1.25 bits per heavy atom. The summed E-state index contributed by atoms with van der Waals surface area (Å²) in [4.78, 5) is 13.2. The van der Waals surface area contributed by atoms with Gasteiger partial charge in [-0.15, -0.1) is 0 Å². The Kier molecular flexibility index (Phi) is 2.19. The Morgan fingerprint density at radius 2 is 2.20 bits per heavy atom. The van der Waals surface area contributed by atoms with E-state index in [0.29, 0.717) is 11.6 Å². The number of rotatable bonds is 2. The Hall–Kier alpha value is -2.96. The summed E-state index contributed by atoms with van der Waals surface area (Å²) in [6, 6.07) is 5.92. The number of aromatic amines is 1. The molecule has 7 nitrogen and oxygen atoms in total. The molecular weight excluding hydrogens is 254 g/mol. The molecule has 0 bridgehead atoms. The summed E-state index contributed by atoms with van der Waals surface area (Å²) in [7, 11) is 1.79. The summed E-state index contributed by atoms with van der Waals surface area (Å²) < 4.78 is 1.99. The Bertz CT molecular complexity index is 905. The van der Waals surface area contributed by atoms with Gasteiger partial charge in [-0.05, 0) is 12.1 Å². The minimum atomic E-state index is 0.550. The number of nitrogens with one attached hydrogen (secondary N) is 2. The molecule has 0 radical (unpaired) electrons. The van der Waals surface area contributed by atoms with Gasteiger partial charge in [0.2, 0.25) is 5.95 Å². The molecule has 0 spiro atoms. The highest BCUT2D eigenvalue weighted by Crippen LogP contribution is 2.26. The molecule has 0 atom stereocenters. The number of fused-ring (bicyclic) bond motifs is 2. The van der Waals surface area contributed by atoms with Crippen LogP contribution in [0.2, 0.25) is 0 Å². The van der Waals surface area contributed by atoms with Gasteiger partial charge in [0.25, 0.3) is 0 Å². The van der Waals surface area contributed by atoms with Crippen molar-refractivity contribution in [2.24, 2.45) is 0 Å². The van der Waals surface area contributed by atoms with Crippen molar-refractivity contribution < 1.29 is 0 Å². The maximum atomic E-state index is 4.56. The van der Waals surface area contributed by atoms with Gasteiger partial charge in [-0.25, -0.2) is 9.97 Å². The van der Waals surface area contributed by atoms with E-state index in [2.05, 4.69) is 30.5 Å². The summed E-state index contributed by atoms with van der Waals surface area (Å²) in [5, 5.41) is 10.8. The SMILES string of the molecule is CNc1nc(-c2cccc3nccn23)c2cn[nH]c2n1. The summed E-state index contributed by atoms with van der Waals surface area (Å²) >= 11 is 0. The average Bonchev–Trinajstić information content (AvgIpc) is 3.14. The first-order chi connectivity index (χ1) is 9.86. The van der Waals surface area contributed by atoms with Crippen LogP contribution in [0, 0.1) is 0 Å². The molecule has 0 saturated heterocycles. The fourth-order valence-corrected chi connectivity index (χ4v) is 2.28. The van der Waals surface area contributed by atoms with Crippen molar-refractivity contribution in [2.45, 2.75) is 0 Å². The molecule has 0 unspecified atom stereocenters. The lowest BCUT2D eigenvalue weighted by atomic mass is 10.2. The molecule has 4 rings (SSSR count). The Labute approximate surface area is 113 Å². The largest absolute Gasteiger partial charge is 0.357 e. The molecule has 0 amide bonds. The van der Waals surface area contributed by atoms with Gasteiger partial charge in [-0.2, -0.15) is 10.1 Å². The van der Waals surface area contributed by atoms with Gasteiger partial charge in [-0.1, -0.05) is 6.07 Å². The molecule has 2 N–H and O–H groups in total. The van der Waals surface area contributed by atoms with Crippen molar-refractivity contribution in [1.82, 2.24) is 29.5 Å².